The lowest BCUT2D eigenvalue weighted by Gasteiger charge is -2.16. The lowest BCUT2D eigenvalue weighted by atomic mass is 10.2. The first kappa shape index (κ1) is 15.9. The van der Waals surface area contributed by atoms with Crippen molar-refractivity contribution >= 4 is 5.91 Å². The Kier molecular flexibility index (Phi) is 5.03. The van der Waals surface area contributed by atoms with E-state index in [1.165, 1.54) is 29.2 Å². The third kappa shape index (κ3) is 4.24. The molecule has 0 bridgehead atoms. The molecule has 0 saturated heterocycles. The van der Waals surface area contributed by atoms with Crippen molar-refractivity contribution in [1.29, 1.82) is 0 Å². The van der Waals surface area contributed by atoms with Crippen molar-refractivity contribution in [3.05, 3.63) is 41.5 Å². The zero-order chi connectivity index (χ0) is 16.1. The van der Waals surface area contributed by atoms with Crippen molar-refractivity contribution in [2.75, 3.05) is 13.6 Å². The Morgan fingerprint density at radius 2 is 2.23 bits per heavy atom. The monoisotopic (exact) mass is 311 g/mol. The molecule has 0 aliphatic heterocycles. The molecule has 2 rings (SSSR count). The van der Waals surface area contributed by atoms with E-state index in [0.29, 0.717) is 24.7 Å². The maximum atomic E-state index is 12.2. The second kappa shape index (κ2) is 6.97. The minimum Gasteiger partial charge on any atom is -0.435 e. The van der Waals surface area contributed by atoms with Gasteiger partial charge in [0.2, 0.25) is 5.89 Å². The Balaban J connectivity index is 1.97. The van der Waals surface area contributed by atoms with Crippen LogP contribution in [0.2, 0.25) is 0 Å². The van der Waals surface area contributed by atoms with Crippen molar-refractivity contribution in [2.45, 2.75) is 20.0 Å². The Morgan fingerprint density at radius 1 is 1.45 bits per heavy atom. The fraction of sp³-hybridized carbons (Fsp3) is 0.357. The summed E-state index contributed by atoms with van der Waals surface area (Å²) in [6.45, 7) is -0.873. The Hall–Kier alpha value is -2.51. The number of hydrogen-bond acceptors (Lipinski definition) is 5. The number of halogens is 2. The highest BCUT2D eigenvalue weighted by molar-refractivity contribution is 5.94. The highest BCUT2D eigenvalue weighted by Crippen LogP contribution is 2.17. The molecule has 0 spiro atoms. The molecule has 1 aromatic carbocycles. The summed E-state index contributed by atoms with van der Waals surface area (Å²) < 4.78 is 33.5. The quantitative estimate of drug-likeness (QED) is 0.819. The van der Waals surface area contributed by atoms with Gasteiger partial charge in [-0.3, -0.25) is 4.79 Å². The van der Waals surface area contributed by atoms with Gasteiger partial charge >= 0.3 is 6.61 Å². The molecule has 1 aromatic heterocycles. The number of rotatable bonds is 6. The average Bonchev–Trinajstić information content (AvgIpc) is 2.89. The first-order valence-corrected chi connectivity index (χ1v) is 6.55. The molecule has 0 fully saturated rings. The van der Waals surface area contributed by atoms with Gasteiger partial charge in [0.15, 0.2) is 5.82 Å². The lowest BCUT2D eigenvalue weighted by Crippen LogP contribution is -2.29. The van der Waals surface area contributed by atoms with Crippen molar-refractivity contribution < 1.29 is 22.8 Å². The van der Waals surface area contributed by atoms with Gasteiger partial charge < -0.3 is 14.2 Å². The summed E-state index contributed by atoms with van der Waals surface area (Å²) in [6, 6.07) is 5.67. The van der Waals surface area contributed by atoms with Crippen LogP contribution in [0.1, 0.15) is 22.1 Å². The normalized spacial score (nSPS) is 10.8. The molecule has 0 aliphatic rings. The Morgan fingerprint density at radius 3 is 2.86 bits per heavy atom. The van der Waals surface area contributed by atoms with E-state index in [9.17, 15) is 13.6 Å². The smallest absolute Gasteiger partial charge is 0.387 e. The van der Waals surface area contributed by atoms with Crippen LogP contribution in [-0.4, -0.2) is 41.2 Å². The number of carbonyl (C=O) groups excluding carboxylic acids is 1. The summed E-state index contributed by atoms with van der Waals surface area (Å²) in [5.41, 5.74) is 0.268. The molecule has 22 heavy (non-hydrogen) atoms. The van der Waals surface area contributed by atoms with Gasteiger partial charge in [-0.25, -0.2) is 0 Å². The third-order valence-corrected chi connectivity index (χ3v) is 2.89. The van der Waals surface area contributed by atoms with Crippen LogP contribution in [0.15, 0.2) is 28.8 Å². The third-order valence-electron chi connectivity index (χ3n) is 2.89. The summed E-state index contributed by atoms with van der Waals surface area (Å²) in [6.07, 6.45) is 0.437. The number of ether oxygens (including phenoxy) is 1. The van der Waals surface area contributed by atoms with Crippen molar-refractivity contribution in [2.24, 2.45) is 0 Å². The summed E-state index contributed by atoms with van der Waals surface area (Å²) >= 11 is 0. The SMILES string of the molecule is Cc1nc(CCN(C)C(=O)c2cccc(OC(F)F)c2)no1. The average molecular weight is 311 g/mol. The van der Waals surface area contributed by atoms with Crippen LogP contribution in [-0.2, 0) is 6.42 Å². The van der Waals surface area contributed by atoms with Crippen molar-refractivity contribution in [3.63, 3.8) is 0 Å². The highest BCUT2D eigenvalue weighted by atomic mass is 19.3. The van der Waals surface area contributed by atoms with Crippen LogP contribution in [0.5, 0.6) is 5.75 Å². The molecule has 118 valence electrons. The summed E-state index contributed by atoms with van der Waals surface area (Å²) in [5.74, 6) is 0.607. The van der Waals surface area contributed by atoms with E-state index in [1.54, 1.807) is 14.0 Å². The van der Waals surface area contributed by atoms with Gasteiger partial charge in [0.25, 0.3) is 5.91 Å². The molecular weight excluding hydrogens is 296 g/mol. The molecule has 0 saturated carbocycles. The molecule has 2 aromatic rings. The zero-order valence-corrected chi connectivity index (χ0v) is 12.1. The minimum atomic E-state index is -2.93. The van der Waals surface area contributed by atoms with E-state index < -0.39 is 6.61 Å². The second-order valence-electron chi connectivity index (χ2n) is 4.61. The number of carbonyl (C=O) groups is 1. The number of aromatic nitrogens is 2. The molecule has 1 amide bonds. The van der Waals surface area contributed by atoms with E-state index in [-0.39, 0.29) is 17.2 Å². The number of likely N-dealkylation sites (N-methyl/N-ethyl adjacent to an activating group) is 1. The summed E-state index contributed by atoms with van der Waals surface area (Å²) in [7, 11) is 1.61. The number of amides is 1. The minimum absolute atomic E-state index is 0.0527. The first-order chi connectivity index (χ1) is 10.5. The van der Waals surface area contributed by atoms with Crippen LogP contribution in [0, 0.1) is 6.92 Å². The van der Waals surface area contributed by atoms with Gasteiger partial charge in [0.1, 0.15) is 5.75 Å². The van der Waals surface area contributed by atoms with Crippen molar-refractivity contribution in [3.8, 4) is 5.75 Å². The predicted octanol–water partition coefficient (Wildman–Crippen LogP) is 2.29. The van der Waals surface area contributed by atoms with Crippen LogP contribution in [0.25, 0.3) is 0 Å². The predicted molar refractivity (Wildman–Crippen MR) is 72.8 cm³/mol. The van der Waals surface area contributed by atoms with Gasteiger partial charge in [-0.1, -0.05) is 11.2 Å². The molecule has 0 aliphatic carbocycles. The highest BCUT2D eigenvalue weighted by Gasteiger charge is 2.14. The summed E-state index contributed by atoms with van der Waals surface area (Å²) in [4.78, 5) is 17.7. The molecule has 1 heterocycles. The molecule has 0 atom stereocenters. The molecule has 0 N–H and O–H groups in total. The van der Waals surface area contributed by atoms with E-state index in [1.807, 2.05) is 0 Å². The van der Waals surface area contributed by atoms with Crippen LogP contribution >= 0.6 is 0 Å². The lowest BCUT2D eigenvalue weighted by molar-refractivity contribution is -0.0499. The Labute approximate surface area is 125 Å². The molecule has 8 heteroatoms. The Bertz CT molecular complexity index is 646. The van der Waals surface area contributed by atoms with Gasteiger partial charge in [-0.05, 0) is 18.2 Å². The number of benzene rings is 1. The first-order valence-electron chi connectivity index (χ1n) is 6.55. The number of hydrogen-bond donors (Lipinski definition) is 0. The summed E-state index contributed by atoms with van der Waals surface area (Å²) in [5, 5.41) is 3.74. The fourth-order valence-electron chi connectivity index (χ4n) is 1.84. The number of aryl methyl sites for hydroxylation is 1. The molecule has 0 radical (unpaired) electrons. The number of nitrogens with zero attached hydrogens (tertiary/aromatic N) is 3. The van der Waals surface area contributed by atoms with E-state index in [2.05, 4.69) is 14.9 Å². The zero-order valence-electron chi connectivity index (χ0n) is 12.1. The fourth-order valence-corrected chi connectivity index (χ4v) is 1.84. The van der Waals surface area contributed by atoms with Gasteiger partial charge in [0, 0.05) is 32.5 Å². The van der Waals surface area contributed by atoms with Gasteiger partial charge in [-0.15, -0.1) is 0 Å². The largest absolute Gasteiger partial charge is 0.435 e. The molecule has 6 nitrogen and oxygen atoms in total. The molecular formula is C14H15F2N3O3. The van der Waals surface area contributed by atoms with Gasteiger partial charge in [0.05, 0.1) is 0 Å². The van der Waals surface area contributed by atoms with Crippen molar-refractivity contribution in [1.82, 2.24) is 15.0 Å². The van der Waals surface area contributed by atoms with E-state index in [4.69, 9.17) is 4.52 Å². The van der Waals surface area contributed by atoms with E-state index >= 15 is 0 Å². The standard InChI is InChI=1S/C14H15F2N3O3/c1-9-17-12(18-22-9)6-7-19(2)13(20)10-4-3-5-11(8-10)21-14(15)16/h3-5,8,14H,6-7H2,1-2H3. The van der Waals surface area contributed by atoms with Crippen LogP contribution in [0.4, 0.5) is 8.78 Å². The maximum absolute atomic E-state index is 12.2. The molecule has 0 unspecified atom stereocenters. The van der Waals surface area contributed by atoms with Gasteiger partial charge in [-0.2, -0.15) is 13.8 Å². The number of alkyl halides is 2. The van der Waals surface area contributed by atoms with Crippen LogP contribution < -0.4 is 4.74 Å². The topological polar surface area (TPSA) is 68.5 Å². The second-order valence-corrected chi connectivity index (χ2v) is 4.61. The van der Waals surface area contributed by atoms with Crippen LogP contribution in [0.3, 0.4) is 0 Å². The maximum Gasteiger partial charge on any atom is 0.387 e. The van der Waals surface area contributed by atoms with E-state index in [0.717, 1.165) is 0 Å².